The Morgan fingerprint density at radius 2 is 1.96 bits per heavy atom. The number of rotatable bonds is 6. The largest absolute Gasteiger partial charge is 0.381 e. The van der Waals surface area contributed by atoms with Gasteiger partial charge in [-0.3, -0.25) is 9.69 Å². The van der Waals surface area contributed by atoms with Crippen LogP contribution in [0.2, 0.25) is 0 Å². The zero-order valence-corrected chi connectivity index (χ0v) is 14.8. The minimum atomic E-state index is 0.0924. The highest BCUT2D eigenvalue weighted by molar-refractivity contribution is 5.82. The van der Waals surface area contributed by atoms with Gasteiger partial charge in [-0.05, 0) is 50.6 Å². The second-order valence-corrected chi connectivity index (χ2v) is 7.09. The molecule has 4 nitrogen and oxygen atoms in total. The van der Waals surface area contributed by atoms with Gasteiger partial charge in [-0.15, -0.1) is 0 Å². The molecule has 3 rings (SSSR count). The van der Waals surface area contributed by atoms with Gasteiger partial charge in [-0.25, -0.2) is 0 Å². The van der Waals surface area contributed by atoms with Crippen molar-refractivity contribution >= 4 is 5.91 Å². The number of nitrogens with zero attached hydrogens (tertiary/aromatic N) is 2. The lowest BCUT2D eigenvalue weighted by Crippen LogP contribution is -2.49. The minimum absolute atomic E-state index is 0.0924. The molecule has 1 atom stereocenters. The van der Waals surface area contributed by atoms with Crippen LogP contribution in [-0.4, -0.2) is 61.1 Å². The molecule has 4 heteroatoms. The number of carbonyl (C=O) groups is 1. The Bertz CT molecular complexity index is 514. The van der Waals surface area contributed by atoms with Crippen molar-refractivity contribution in [2.24, 2.45) is 0 Å². The quantitative estimate of drug-likeness (QED) is 0.804. The summed E-state index contributed by atoms with van der Waals surface area (Å²) in [5, 5.41) is 0. The standard InChI is InChI=1S/C20H30N2O2/c1-21(13-5-9-17-7-3-2-4-8-17)20(23)19-10-6-14-22(19)18-11-15-24-16-12-18/h2-4,7-8,18-19H,5-6,9-16H2,1H3. The highest BCUT2D eigenvalue weighted by Crippen LogP contribution is 2.26. The Labute approximate surface area is 145 Å². The molecule has 2 aliphatic rings. The second-order valence-electron chi connectivity index (χ2n) is 7.09. The van der Waals surface area contributed by atoms with Crippen LogP contribution in [-0.2, 0) is 16.0 Å². The molecular weight excluding hydrogens is 300 g/mol. The first-order chi connectivity index (χ1) is 11.8. The molecule has 0 bridgehead atoms. The van der Waals surface area contributed by atoms with E-state index in [2.05, 4.69) is 29.2 Å². The fraction of sp³-hybridized carbons (Fsp3) is 0.650. The monoisotopic (exact) mass is 330 g/mol. The maximum absolute atomic E-state index is 12.9. The number of likely N-dealkylation sites (N-methyl/N-ethyl adjacent to an activating group) is 1. The van der Waals surface area contributed by atoms with E-state index in [0.717, 1.165) is 64.8 Å². The Balaban J connectivity index is 1.48. The maximum atomic E-state index is 12.9. The van der Waals surface area contributed by atoms with Gasteiger partial charge >= 0.3 is 0 Å². The minimum Gasteiger partial charge on any atom is -0.381 e. The van der Waals surface area contributed by atoms with Crippen LogP contribution in [0.1, 0.15) is 37.7 Å². The molecule has 132 valence electrons. The molecule has 24 heavy (non-hydrogen) atoms. The van der Waals surface area contributed by atoms with Crippen molar-refractivity contribution in [2.75, 3.05) is 33.4 Å². The Morgan fingerprint density at radius 3 is 2.71 bits per heavy atom. The van der Waals surface area contributed by atoms with Gasteiger partial charge in [0.2, 0.25) is 5.91 Å². The normalized spacial score (nSPS) is 22.6. The Morgan fingerprint density at radius 1 is 1.21 bits per heavy atom. The fourth-order valence-corrected chi connectivity index (χ4v) is 4.04. The van der Waals surface area contributed by atoms with Gasteiger partial charge in [0.05, 0.1) is 6.04 Å². The summed E-state index contributed by atoms with van der Waals surface area (Å²) < 4.78 is 5.48. The van der Waals surface area contributed by atoms with Crippen LogP contribution in [0.3, 0.4) is 0 Å². The van der Waals surface area contributed by atoms with E-state index in [1.54, 1.807) is 0 Å². The molecule has 2 heterocycles. The van der Waals surface area contributed by atoms with Crippen LogP contribution in [0, 0.1) is 0 Å². The molecule has 0 saturated carbocycles. The van der Waals surface area contributed by atoms with E-state index in [4.69, 9.17) is 4.74 Å². The zero-order chi connectivity index (χ0) is 16.8. The van der Waals surface area contributed by atoms with Crippen molar-refractivity contribution in [3.8, 4) is 0 Å². The number of likely N-dealkylation sites (tertiary alicyclic amines) is 1. The second kappa shape index (κ2) is 8.63. The number of benzene rings is 1. The smallest absolute Gasteiger partial charge is 0.239 e. The summed E-state index contributed by atoms with van der Waals surface area (Å²) >= 11 is 0. The van der Waals surface area contributed by atoms with E-state index in [-0.39, 0.29) is 6.04 Å². The number of hydrogen-bond donors (Lipinski definition) is 0. The van der Waals surface area contributed by atoms with Gasteiger partial charge in [0.15, 0.2) is 0 Å². The first-order valence-electron chi connectivity index (χ1n) is 9.38. The summed E-state index contributed by atoms with van der Waals surface area (Å²) in [5.41, 5.74) is 1.35. The van der Waals surface area contributed by atoms with Crippen molar-refractivity contribution in [1.29, 1.82) is 0 Å². The number of carbonyl (C=O) groups excluding carboxylic acids is 1. The summed E-state index contributed by atoms with van der Waals surface area (Å²) in [7, 11) is 1.97. The summed E-state index contributed by atoms with van der Waals surface area (Å²) in [6.45, 7) is 3.59. The molecule has 0 N–H and O–H groups in total. The third-order valence-corrected chi connectivity index (χ3v) is 5.42. The molecule has 0 spiro atoms. The lowest BCUT2D eigenvalue weighted by molar-refractivity contribution is -0.136. The third kappa shape index (κ3) is 4.37. The van der Waals surface area contributed by atoms with Crippen molar-refractivity contribution in [1.82, 2.24) is 9.80 Å². The van der Waals surface area contributed by atoms with E-state index < -0.39 is 0 Å². The Hall–Kier alpha value is -1.39. The lowest BCUT2D eigenvalue weighted by Gasteiger charge is -2.36. The van der Waals surface area contributed by atoms with Crippen LogP contribution in [0.25, 0.3) is 0 Å². The highest BCUT2D eigenvalue weighted by Gasteiger charge is 2.37. The van der Waals surface area contributed by atoms with Gasteiger partial charge in [0.25, 0.3) is 0 Å². The van der Waals surface area contributed by atoms with Crippen LogP contribution < -0.4 is 0 Å². The van der Waals surface area contributed by atoms with Crippen LogP contribution >= 0.6 is 0 Å². The van der Waals surface area contributed by atoms with Gasteiger partial charge in [0, 0.05) is 32.8 Å². The molecule has 1 unspecified atom stereocenters. The SMILES string of the molecule is CN(CCCc1ccccc1)C(=O)C1CCCN1C1CCOCC1. The molecular formula is C20H30N2O2. The molecule has 1 aromatic carbocycles. The van der Waals surface area contributed by atoms with Gasteiger partial charge in [0.1, 0.15) is 0 Å². The topological polar surface area (TPSA) is 32.8 Å². The molecule has 2 aliphatic heterocycles. The molecule has 0 radical (unpaired) electrons. The molecule has 2 saturated heterocycles. The van der Waals surface area contributed by atoms with E-state index >= 15 is 0 Å². The van der Waals surface area contributed by atoms with E-state index in [9.17, 15) is 4.79 Å². The zero-order valence-electron chi connectivity index (χ0n) is 14.8. The predicted octanol–water partition coefficient (Wildman–Crippen LogP) is 2.72. The summed E-state index contributed by atoms with van der Waals surface area (Å²) in [6, 6.07) is 11.1. The van der Waals surface area contributed by atoms with E-state index in [1.165, 1.54) is 5.56 Å². The number of ether oxygens (including phenoxy) is 1. The molecule has 1 aromatic rings. The van der Waals surface area contributed by atoms with Crippen LogP contribution in [0.4, 0.5) is 0 Å². The highest BCUT2D eigenvalue weighted by atomic mass is 16.5. The summed E-state index contributed by atoms with van der Waals surface area (Å²) in [6.07, 6.45) is 6.36. The maximum Gasteiger partial charge on any atom is 0.239 e. The van der Waals surface area contributed by atoms with Gasteiger partial charge in [-0.1, -0.05) is 30.3 Å². The molecule has 2 fully saturated rings. The van der Waals surface area contributed by atoms with Crippen LogP contribution in [0.5, 0.6) is 0 Å². The lowest BCUT2D eigenvalue weighted by atomic mass is 10.1. The number of amides is 1. The molecule has 0 aromatic heterocycles. The number of aryl methyl sites for hydroxylation is 1. The predicted molar refractivity (Wildman–Crippen MR) is 96.0 cm³/mol. The van der Waals surface area contributed by atoms with Gasteiger partial charge in [-0.2, -0.15) is 0 Å². The third-order valence-electron chi connectivity index (χ3n) is 5.42. The first kappa shape index (κ1) is 17.4. The average Bonchev–Trinajstić information content (AvgIpc) is 3.12. The van der Waals surface area contributed by atoms with Crippen molar-refractivity contribution in [3.05, 3.63) is 35.9 Å². The average molecular weight is 330 g/mol. The molecule has 1 amide bonds. The van der Waals surface area contributed by atoms with Crippen LogP contribution in [0.15, 0.2) is 30.3 Å². The summed E-state index contributed by atoms with van der Waals surface area (Å²) in [5.74, 6) is 0.312. The van der Waals surface area contributed by atoms with Crippen molar-refractivity contribution in [2.45, 2.75) is 50.6 Å². The Kier molecular flexibility index (Phi) is 6.27. The summed E-state index contributed by atoms with van der Waals surface area (Å²) in [4.78, 5) is 17.3. The fourth-order valence-electron chi connectivity index (χ4n) is 4.04. The van der Waals surface area contributed by atoms with E-state index in [0.29, 0.717) is 11.9 Å². The van der Waals surface area contributed by atoms with E-state index in [1.807, 2.05) is 18.0 Å². The molecule has 0 aliphatic carbocycles. The van der Waals surface area contributed by atoms with Crippen molar-refractivity contribution in [3.63, 3.8) is 0 Å². The van der Waals surface area contributed by atoms with Crippen molar-refractivity contribution < 1.29 is 9.53 Å². The first-order valence-corrected chi connectivity index (χ1v) is 9.38. The van der Waals surface area contributed by atoms with Gasteiger partial charge < -0.3 is 9.64 Å². The number of hydrogen-bond acceptors (Lipinski definition) is 3.